The monoisotopic (exact) mass is 456 g/mol. The number of rotatable bonds is 8. The highest BCUT2D eigenvalue weighted by atomic mass is 35.5. The Bertz CT molecular complexity index is 1070. The van der Waals surface area contributed by atoms with Crippen molar-refractivity contribution in [1.82, 2.24) is 9.88 Å². The van der Waals surface area contributed by atoms with Crippen molar-refractivity contribution in [2.45, 2.75) is 26.9 Å². The molecule has 0 aliphatic heterocycles. The van der Waals surface area contributed by atoms with Gasteiger partial charge in [-0.2, -0.15) is 0 Å². The Morgan fingerprint density at radius 1 is 1.25 bits per heavy atom. The molecule has 32 heavy (non-hydrogen) atoms. The number of hydrogen-bond acceptors (Lipinski definition) is 6. The Labute approximate surface area is 192 Å². The number of oxazole rings is 1. The van der Waals surface area contributed by atoms with E-state index in [1.807, 2.05) is 43.4 Å². The van der Waals surface area contributed by atoms with Crippen molar-refractivity contribution in [3.63, 3.8) is 0 Å². The topological polar surface area (TPSA) is 81.9 Å². The summed E-state index contributed by atoms with van der Waals surface area (Å²) in [6, 6.07) is 7.26. The second kappa shape index (κ2) is 10.8. The molecule has 1 aliphatic carbocycles. The van der Waals surface area contributed by atoms with E-state index < -0.39 is 6.09 Å². The van der Waals surface area contributed by atoms with E-state index in [2.05, 4.69) is 4.98 Å². The van der Waals surface area contributed by atoms with E-state index in [4.69, 9.17) is 25.5 Å². The maximum Gasteiger partial charge on any atom is 0.410 e. The molecule has 3 rings (SSSR count). The summed E-state index contributed by atoms with van der Waals surface area (Å²) in [4.78, 5) is 29.4. The van der Waals surface area contributed by atoms with Crippen LogP contribution in [0.3, 0.4) is 0 Å². The van der Waals surface area contributed by atoms with Crippen molar-refractivity contribution >= 4 is 23.5 Å². The summed E-state index contributed by atoms with van der Waals surface area (Å²) in [5.74, 6) is 1.69. The van der Waals surface area contributed by atoms with Gasteiger partial charge in [0.05, 0.1) is 13.7 Å². The van der Waals surface area contributed by atoms with Crippen LogP contribution in [0.5, 0.6) is 0 Å². The van der Waals surface area contributed by atoms with Crippen LogP contribution in [0, 0.1) is 6.92 Å². The maximum absolute atomic E-state index is 12.0. The number of amides is 1. The molecule has 1 amide bonds. The molecular weight excluding hydrogens is 432 g/mol. The van der Waals surface area contributed by atoms with Gasteiger partial charge in [0.25, 0.3) is 0 Å². The number of ketones is 1. The van der Waals surface area contributed by atoms with Gasteiger partial charge >= 0.3 is 6.09 Å². The Kier molecular flexibility index (Phi) is 7.89. The number of nitrogens with zero attached hydrogens (tertiary/aromatic N) is 2. The van der Waals surface area contributed by atoms with Gasteiger partial charge in [0.15, 0.2) is 0 Å². The zero-order valence-corrected chi connectivity index (χ0v) is 19.0. The standard InChI is InChI=1S/C24H25ClN2O5/c1-16(28)13-27(24(29)30-3)14-18-6-4-5-7-21(12-18)31-15-22-17(2)32-23(26-22)19-8-10-20(25)11-9-19/h4,6-12H,5,13-15H2,1-3H3. The van der Waals surface area contributed by atoms with E-state index >= 15 is 0 Å². The number of Topliss-reactive ketones (excluding diaryl/α,β-unsaturated/α-hetero) is 1. The van der Waals surface area contributed by atoms with Gasteiger partial charge in [0.1, 0.15) is 29.6 Å². The molecule has 2 aromatic rings. The molecule has 1 aromatic carbocycles. The summed E-state index contributed by atoms with van der Waals surface area (Å²) in [5, 5.41) is 0.645. The molecule has 0 fully saturated rings. The summed E-state index contributed by atoms with van der Waals surface area (Å²) in [5.41, 5.74) is 2.34. The molecule has 0 spiro atoms. The predicted octanol–water partition coefficient (Wildman–Crippen LogP) is 5.25. The summed E-state index contributed by atoms with van der Waals surface area (Å²) in [7, 11) is 1.29. The molecule has 0 radical (unpaired) electrons. The van der Waals surface area contributed by atoms with Crippen molar-refractivity contribution in [1.29, 1.82) is 0 Å². The van der Waals surface area contributed by atoms with Crippen LogP contribution in [-0.2, 0) is 20.9 Å². The van der Waals surface area contributed by atoms with E-state index in [1.54, 1.807) is 12.1 Å². The van der Waals surface area contributed by atoms with Crippen molar-refractivity contribution in [3.8, 4) is 11.5 Å². The lowest BCUT2D eigenvalue weighted by Crippen LogP contribution is -2.36. The molecule has 0 N–H and O–H groups in total. The van der Waals surface area contributed by atoms with Crippen LogP contribution in [0.15, 0.2) is 64.3 Å². The van der Waals surface area contributed by atoms with E-state index in [-0.39, 0.29) is 25.5 Å². The van der Waals surface area contributed by atoms with Gasteiger partial charge < -0.3 is 13.9 Å². The number of halogens is 1. The van der Waals surface area contributed by atoms with Crippen LogP contribution in [-0.4, -0.2) is 42.0 Å². The largest absolute Gasteiger partial charge is 0.487 e. The molecule has 1 aromatic heterocycles. The number of benzene rings is 1. The Morgan fingerprint density at radius 2 is 2.00 bits per heavy atom. The summed E-state index contributed by atoms with van der Waals surface area (Å²) >= 11 is 5.94. The highest BCUT2D eigenvalue weighted by Crippen LogP contribution is 2.24. The summed E-state index contributed by atoms with van der Waals surface area (Å²) in [6.45, 7) is 3.70. The first-order valence-electron chi connectivity index (χ1n) is 10.1. The van der Waals surface area contributed by atoms with Crippen molar-refractivity contribution in [2.75, 3.05) is 20.2 Å². The van der Waals surface area contributed by atoms with Crippen LogP contribution < -0.4 is 0 Å². The number of aromatic nitrogens is 1. The van der Waals surface area contributed by atoms with E-state index in [0.717, 1.165) is 11.1 Å². The Balaban J connectivity index is 1.69. The second-order valence-corrected chi connectivity index (χ2v) is 7.75. The fraction of sp³-hybridized carbons (Fsp3) is 0.292. The van der Waals surface area contributed by atoms with E-state index in [9.17, 15) is 9.59 Å². The number of carbonyl (C=O) groups is 2. The fourth-order valence-corrected chi connectivity index (χ4v) is 3.25. The minimum atomic E-state index is -0.557. The van der Waals surface area contributed by atoms with Crippen LogP contribution in [0.1, 0.15) is 24.8 Å². The maximum atomic E-state index is 12.0. The first-order chi connectivity index (χ1) is 15.4. The summed E-state index contributed by atoms with van der Waals surface area (Å²) < 4.78 is 16.5. The molecule has 8 heteroatoms. The number of allylic oxidation sites excluding steroid dienone is 3. The number of aryl methyl sites for hydroxylation is 1. The predicted molar refractivity (Wildman–Crippen MR) is 121 cm³/mol. The number of methoxy groups -OCH3 is 1. The molecule has 0 saturated heterocycles. The van der Waals surface area contributed by atoms with Gasteiger partial charge in [0, 0.05) is 17.1 Å². The molecule has 168 valence electrons. The first-order valence-corrected chi connectivity index (χ1v) is 10.5. The lowest BCUT2D eigenvalue weighted by Gasteiger charge is -2.20. The normalized spacial score (nSPS) is 13.1. The van der Waals surface area contributed by atoms with E-state index in [0.29, 0.717) is 34.5 Å². The lowest BCUT2D eigenvalue weighted by atomic mass is 10.2. The lowest BCUT2D eigenvalue weighted by molar-refractivity contribution is -0.117. The molecule has 0 unspecified atom stereocenters. The number of carbonyl (C=O) groups excluding carboxylic acids is 2. The highest BCUT2D eigenvalue weighted by molar-refractivity contribution is 6.30. The van der Waals surface area contributed by atoms with E-state index in [1.165, 1.54) is 18.9 Å². The number of hydrogen-bond donors (Lipinski definition) is 0. The highest BCUT2D eigenvalue weighted by Gasteiger charge is 2.18. The molecule has 1 heterocycles. The van der Waals surface area contributed by atoms with Crippen molar-refractivity contribution in [3.05, 3.63) is 76.4 Å². The van der Waals surface area contributed by atoms with Gasteiger partial charge in [-0.15, -0.1) is 0 Å². The molecular formula is C24H25ClN2O5. The molecule has 1 aliphatic rings. The fourth-order valence-electron chi connectivity index (χ4n) is 3.13. The van der Waals surface area contributed by atoms with Gasteiger partial charge in [-0.3, -0.25) is 9.69 Å². The van der Waals surface area contributed by atoms with Crippen LogP contribution in [0.4, 0.5) is 4.79 Å². The van der Waals surface area contributed by atoms with Gasteiger partial charge in [-0.05, 0) is 62.3 Å². The zero-order valence-electron chi connectivity index (χ0n) is 18.3. The van der Waals surface area contributed by atoms with Crippen LogP contribution in [0.25, 0.3) is 11.5 Å². The third-order valence-corrected chi connectivity index (χ3v) is 4.95. The molecule has 0 saturated carbocycles. The van der Waals surface area contributed by atoms with Gasteiger partial charge in [-0.1, -0.05) is 23.8 Å². The van der Waals surface area contributed by atoms with Crippen LogP contribution in [0.2, 0.25) is 5.02 Å². The molecule has 0 atom stereocenters. The quantitative estimate of drug-likeness (QED) is 0.539. The zero-order chi connectivity index (χ0) is 23.1. The van der Waals surface area contributed by atoms with Gasteiger partial charge in [-0.25, -0.2) is 9.78 Å². The van der Waals surface area contributed by atoms with Gasteiger partial charge in [0.2, 0.25) is 5.89 Å². The second-order valence-electron chi connectivity index (χ2n) is 7.31. The van der Waals surface area contributed by atoms with Crippen molar-refractivity contribution in [2.24, 2.45) is 0 Å². The molecule has 0 bridgehead atoms. The third kappa shape index (κ3) is 6.34. The first kappa shape index (κ1) is 23.3. The average Bonchev–Trinajstić information content (AvgIpc) is 2.98. The minimum Gasteiger partial charge on any atom is -0.487 e. The molecule has 7 nitrogen and oxygen atoms in total. The smallest absolute Gasteiger partial charge is 0.410 e. The summed E-state index contributed by atoms with van der Waals surface area (Å²) in [6.07, 6.45) is 7.77. The number of ether oxygens (including phenoxy) is 2. The average molecular weight is 457 g/mol. The minimum absolute atomic E-state index is 0.0244. The SMILES string of the molecule is COC(=O)N(CC(C)=O)CC1=CC(OCc2nc(-c3ccc(Cl)cc3)oc2C)=CCC=C1. The van der Waals surface area contributed by atoms with Crippen LogP contribution >= 0.6 is 11.6 Å². The van der Waals surface area contributed by atoms with Crippen molar-refractivity contribution < 1.29 is 23.5 Å². The Hall–Kier alpha value is -3.32. The third-order valence-electron chi connectivity index (χ3n) is 4.69. The Morgan fingerprint density at radius 3 is 2.69 bits per heavy atom.